The number of carbonyl (C=O) groups excluding carboxylic acids is 1. The lowest BCUT2D eigenvalue weighted by molar-refractivity contribution is 0.247. The number of piperazine rings is 1. The quantitative estimate of drug-likeness (QED) is 0.840. The Morgan fingerprint density at radius 2 is 1.59 bits per heavy atom. The fourth-order valence-corrected chi connectivity index (χ4v) is 3.71. The van der Waals surface area contributed by atoms with Gasteiger partial charge in [-0.3, -0.25) is 0 Å². The zero-order valence-corrected chi connectivity index (χ0v) is 16.3. The van der Waals surface area contributed by atoms with Gasteiger partial charge in [-0.25, -0.2) is 4.79 Å². The Kier molecular flexibility index (Phi) is 4.98. The standard InChI is InChI=1S/C21H25ClN4O/c1-25-12-14-26(15-13-25)19-8-6-18(7-9-19)23-20(27)24-21(10-11-21)16-2-4-17(22)5-3-16/h2-9H,10-15H2,1H3,(H2,23,24,27). The molecule has 4 rings (SSSR count). The number of urea groups is 1. The normalized spacial score (nSPS) is 18.8. The smallest absolute Gasteiger partial charge is 0.319 e. The molecule has 0 bridgehead atoms. The van der Waals surface area contributed by atoms with Crippen LogP contribution in [0.5, 0.6) is 0 Å². The highest BCUT2D eigenvalue weighted by molar-refractivity contribution is 6.30. The molecule has 2 aromatic rings. The summed E-state index contributed by atoms with van der Waals surface area (Å²) in [6, 6.07) is 15.6. The summed E-state index contributed by atoms with van der Waals surface area (Å²) in [5.41, 5.74) is 2.85. The molecule has 1 saturated heterocycles. The van der Waals surface area contributed by atoms with E-state index in [9.17, 15) is 4.79 Å². The van der Waals surface area contributed by atoms with Crippen molar-refractivity contribution in [3.63, 3.8) is 0 Å². The van der Waals surface area contributed by atoms with E-state index >= 15 is 0 Å². The van der Waals surface area contributed by atoms with Crippen molar-refractivity contribution in [2.75, 3.05) is 43.4 Å². The Morgan fingerprint density at radius 1 is 0.963 bits per heavy atom. The van der Waals surface area contributed by atoms with E-state index in [1.807, 2.05) is 36.4 Å². The zero-order chi connectivity index (χ0) is 18.9. The fraction of sp³-hybridized carbons (Fsp3) is 0.381. The van der Waals surface area contributed by atoms with Crippen molar-refractivity contribution in [3.8, 4) is 0 Å². The molecule has 6 heteroatoms. The molecule has 1 saturated carbocycles. The van der Waals surface area contributed by atoms with Gasteiger partial charge in [0.1, 0.15) is 0 Å². The summed E-state index contributed by atoms with van der Waals surface area (Å²) >= 11 is 5.97. The summed E-state index contributed by atoms with van der Waals surface area (Å²) in [5.74, 6) is 0. The van der Waals surface area contributed by atoms with Crippen molar-refractivity contribution >= 4 is 29.0 Å². The predicted octanol–water partition coefficient (Wildman–Crippen LogP) is 3.90. The first-order valence-corrected chi connectivity index (χ1v) is 9.81. The van der Waals surface area contributed by atoms with Gasteiger partial charge >= 0.3 is 6.03 Å². The number of halogens is 1. The number of nitrogens with one attached hydrogen (secondary N) is 2. The number of anilines is 2. The summed E-state index contributed by atoms with van der Waals surface area (Å²) in [6.07, 6.45) is 1.90. The van der Waals surface area contributed by atoms with Crippen LogP contribution in [0.3, 0.4) is 0 Å². The van der Waals surface area contributed by atoms with Crippen LogP contribution < -0.4 is 15.5 Å². The molecule has 1 heterocycles. The van der Waals surface area contributed by atoms with E-state index in [1.165, 1.54) is 5.69 Å². The Balaban J connectivity index is 1.35. The number of carbonyl (C=O) groups is 1. The Labute approximate surface area is 165 Å². The second-order valence-corrected chi connectivity index (χ2v) is 7.94. The van der Waals surface area contributed by atoms with Crippen molar-refractivity contribution in [2.24, 2.45) is 0 Å². The van der Waals surface area contributed by atoms with Gasteiger partial charge < -0.3 is 20.4 Å². The van der Waals surface area contributed by atoms with Gasteiger partial charge in [-0.15, -0.1) is 0 Å². The lowest BCUT2D eigenvalue weighted by atomic mass is 10.1. The number of likely N-dealkylation sites (N-methyl/N-ethyl adjacent to an activating group) is 1. The topological polar surface area (TPSA) is 47.6 Å². The van der Waals surface area contributed by atoms with E-state index in [2.05, 4.69) is 39.6 Å². The molecule has 1 aliphatic heterocycles. The maximum absolute atomic E-state index is 12.5. The number of benzene rings is 2. The van der Waals surface area contributed by atoms with Crippen LogP contribution in [-0.2, 0) is 5.54 Å². The monoisotopic (exact) mass is 384 g/mol. The summed E-state index contributed by atoms with van der Waals surface area (Å²) < 4.78 is 0. The SMILES string of the molecule is CN1CCN(c2ccc(NC(=O)NC3(c4ccc(Cl)cc4)CC3)cc2)CC1. The molecule has 27 heavy (non-hydrogen) atoms. The lowest BCUT2D eigenvalue weighted by Gasteiger charge is -2.34. The third kappa shape index (κ3) is 4.20. The van der Waals surface area contributed by atoms with Crippen molar-refractivity contribution in [1.82, 2.24) is 10.2 Å². The molecule has 2 aromatic carbocycles. The van der Waals surface area contributed by atoms with Crippen LogP contribution in [0.1, 0.15) is 18.4 Å². The summed E-state index contributed by atoms with van der Waals surface area (Å²) in [7, 11) is 2.15. The van der Waals surface area contributed by atoms with Crippen LogP contribution in [0.2, 0.25) is 5.02 Å². The molecular formula is C21H25ClN4O. The Bertz CT molecular complexity index is 794. The highest BCUT2D eigenvalue weighted by Gasteiger charge is 2.45. The number of rotatable bonds is 4. The van der Waals surface area contributed by atoms with E-state index in [4.69, 9.17) is 11.6 Å². The van der Waals surface area contributed by atoms with Crippen LogP contribution >= 0.6 is 11.6 Å². The van der Waals surface area contributed by atoms with Gasteiger partial charge in [-0.05, 0) is 61.9 Å². The van der Waals surface area contributed by atoms with Crippen LogP contribution in [0, 0.1) is 0 Å². The number of hydrogen-bond acceptors (Lipinski definition) is 3. The average Bonchev–Trinajstić information content (AvgIpc) is 3.44. The minimum atomic E-state index is -0.256. The molecule has 0 radical (unpaired) electrons. The van der Waals surface area contributed by atoms with Crippen LogP contribution in [-0.4, -0.2) is 44.2 Å². The van der Waals surface area contributed by atoms with Gasteiger partial charge in [0.15, 0.2) is 0 Å². The third-order valence-electron chi connectivity index (χ3n) is 5.49. The number of nitrogens with zero attached hydrogens (tertiary/aromatic N) is 2. The maximum atomic E-state index is 12.5. The molecule has 2 fully saturated rings. The average molecular weight is 385 g/mol. The second kappa shape index (κ2) is 7.41. The first-order chi connectivity index (χ1) is 13.0. The van der Waals surface area contributed by atoms with Crippen molar-refractivity contribution in [3.05, 3.63) is 59.1 Å². The molecule has 0 spiro atoms. The predicted molar refractivity (Wildman–Crippen MR) is 111 cm³/mol. The molecule has 142 valence electrons. The van der Waals surface area contributed by atoms with Crippen molar-refractivity contribution in [2.45, 2.75) is 18.4 Å². The van der Waals surface area contributed by atoms with Crippen molar-refractivity contribution in [1.29, 1.82) is 0 Å². The van der Waals surface area contributed by atoms with Crippen LogP contribution in [0.25, 0.3) is 0 Å². The number of hydrogen-bond donors (Lipinski definition) is 2. The molecule has 1 aliphatic carbocycles. The first kappa shape index (κ1) is 18.1. The van der Waals surface area contributed by atoms with Gasteiger partial charge in [0, 0.05) is 42.6 Å². The van der Waals surface area contributed by atoms with Crippen LogP contribution in [0.15, 0.2) is 48.5 Å². The molecule has 0 unspecified atom stereocenters. The Morgan fingerprint density at radius 3 is 2.19 bits per heavy atom. The van der Waals surface area contributed by atoms with Gasteiger partial charge in [-0.2, -0.15) is 0 Å². The fourth-order valence-electron chi connectivity index (χ4n) is 3.58. The van der Waals surface area contributed by atoms with E-state index in [1.54, 1.807) is 0 Å². The van der Waals surface area contributed by atoms with Gasteiger partial charge in [0.05, 0.1) is 5.54 Å². The minimum Gasteiger partial charge on any atom is -0.369 e. The van der Waals surface area contributed by atoms with Gasteiger partial charge in [0.2, 0.25) is 0 Å². The Hall–Kier alpha value is -2.24. The molecule has 2 aliphatic rings. The highest BCUT2D eigenvalue weighted by Crippen LogP contribution is 2.45. The van der Waals surface area contributed by atoms with E-state index in [-0.39, 0.29) is 11.6 Å². The van der Waals surface area contributed by atoms with Crippen molar-refractivity contribution < 1.29 is 4.79 Å². The molecule has 0 aromatic heterocycles. The molecule has 2 amide bonds. The summed E-state index contributed by atoms with van der Waals surface area (Å²) in [5, 5.41) is 6.79. The number of amides is 2. The van der Waals surface area contributed by atoms with Gasteiger partial charge in [-0.1, -0.05) is 23.7 Å². The molecule has 2 N–H and O–H groups in total. The molecule has 5 nitrogen and oxygen atoms in total. The third-order valence-corrected chi connectivity index (χ3v) is 5.75. The highest BCUT2D eigenvalue weighted by atomic mass is 35.5. The molecular weight excluding hydrogens is 360 g/mol. The second-order valence-electron chi connectivity index (χ2n) is 7.51. The van der Waals surface area contributed by atoms with E-state index < -0.39 is 0 Å². The van der Waals surface area contributed by atoms with E-state index in [0.29, 0.717) is 5.02 Å². The molecule has 0 atom stereocenters. The zero-order valence-electron chi connectivity index (χ0n) is 15.5. The maximum Gasteiger partial charge on any atom is 0.319 e. The lowest BCUT2D eigenvalue weighted by Crippen LogP contribution is -2.44. The first-order valence-electron chi connectivity index (χ1n) is 9.43. The van der Waals surface area contributed by atoms with E-state index in [0.717, 1.165) is 50.3 Å². The largest absolute Gasteiger partial charge is 0.369 e. The van der Waals surface area contributed by atoms with Gasteiger partial charge in [0.25, 0.3) is 0 Å². The summed E-state index contributed by atoms with van der Waals surface area (Å²) in [4.78, 5) is 17.2. The summed E-state index contributed by atoms with van der Waals surface area (Å²) in [6.45, 7) is 4.23. The van der Waals surface area contributed by atoms with Crippen LogP contribution in [0.4, 0.5) is 16.2 Å². The minimum absolute atomic E-state index is 0.171.